The van der Waals surface area contributed by atoms with E-state index in [0.717, 1.165) is 37.1 Å². The molecule has 0 radical (unpaired) electrons. The number of amides is 1. The summed E-state index contributed by atoms with van der Waals surface area (Å²) < 4.78 is 1.93. The predicted molar refractivity (Wildman–Crippen MR) is 138 cm³/mol. The quantitative estimate of drug-likeness (QED) is 0.413. The lowest BCUT2D eigenvalue weighted by atomic mass is 9.95. The molecule has 0 unspecified atom stereocenters. The zero-order valence-corrected chi connectivity index (χ0v) is 21.4. The maximum atomic E-state index is 13.1. The van der Waals surface area contributed by atoms with Crippen LogP contribution in [0.2, 0.25) is 15.1 Å². The first-order chi connectivity index (χ1) is 15.8. The molecule has 5 nitrogen and oxygen atoms in total. The Hall–Kier alpha value is -2.05. The van der Waals surface area contributed by atoms with Gasteiger partial charge in [0.1, 0.15) is 11.5 Å². The van der Waals surface area contributed by atoms with E-state index in [1.165, 1.54) is 6.42 Å². The summed E-state index contributed by atoms with van der Waals surface area (Å²) in [6, 6.07) is 12.9. The lowest BCUT2D eigenvalue weighted by molar-refractivity contribution is 0.0922. The topological polar surface area (TPSA) is 59.0 Å². The van der Waals surface area contributed by atoms with Gasteiger partial charge in [0, 0.05) is 27.3 Å². The van der Waals surface area contributed by atoms with Crippen LogP contribution in [0.5, 0.6) is 0 Å². The summed E-state index contributed by atoms with van der Waals surface area (Å²) in [5.74, 6) is 0.434. The average molecular weight is 508 g/mol. The van der Waals surface area contributed by atoms with Crippen LogP contribution in [0.15, 0.2) is 42.5 Å². The van der Waals surface area contributed by atoms with Gasteiger partial charge in [-0.15, -0.1) is 0 Å². The van der Waals surface area contributed by atoms with E-state index in [1.807, 2.05) is 55.9 Å². The maximum Gasteiger partial charge on any atom is 0.272 e. The summed E-state index contributed by atoms with van der Waals surface area (Å²) in [6.45, 7) is 1.89. The first-order valence-corrected chi connectivity index (χ1v) is 12.2. The molecule has 0 saturated heterocycles. The van der Waals surface area contributed by atoms with Crippen LogP contribution < -0.4 is 10.6 Å². The lowest BCUT2D eigenvalue weighted by Gasteiger charge is -2.22. The number of halogens is 3. The van der Waals surface area contributed by atoms with Crippen LogP contribution in [0.1, 0.15) is 48.3 Å². The summed E-state index contributed by atoms with van der Waals surface area (Å²) in [4.78, 5) is 17.8. The first-order valence-electron chi connectivity index (χ1n) is 11.1. The smallest absolute Gasteiger partial charge is 0.272 e. The minimum Gasteiger partial charge on any atom is -0.348 e. The largest absolute Gasteiger partial charge is 0.348 e. The van der Waals surface area contributed by atoms with Gasteiger partial charge in [-0.3, -0.25) is 9.36 Å². The number of aromatic nitrogens is 2. The van der Waals surface area contributed by atoms with E-state index in [4.69, 9.17) is 39.8 Å². The molecule has 33 heavy (non-hydrogen) atoms. The van der Waals surface area contributed by atoms with Crippen molar-refractivity contribution in [3.63, 3.8) is 0 Å². The molecule has 1 aliphatic rings. The number of hydrogen-bond acceptors (Lipinski definition) is 3. The number of nitrogens with zero attached hydrogens (tertiary/aromatic N) is 2. The van der Waals surface area contributed by atoms with Crippen LogP contribution in [-0.4, -0.2) is 35.6 Å². The zero-order chi connectivity index (χ0) is 24.0. The predicted octanol–water partition coefficient (Wildman–Crippen LogP) is 6.71. The molecular formula is C25H29Cl3N4O. The fraction of sp³-hybridized carbons (Fsp3) is 0.360. The molecule has 1 aromatic heterocycles. The second-order valence-corrected chi connectivity index (χ2v) is 9.39. The average Bonchev–Trinajstić information content (AvgIpc) is 3.12. The van der Waals surface area contributed by atoms with Gasteiger partial charge in [-0.05, 0) is 76.3 Å². The molecule has 2 N–H and O–H groups in total. The van der Waals surface area contributed by atoms with Gasteiger partial charge in [-0.1, -0.05) is 54.1 Å². The Kier molecular flexibility index (Phi) is 9.21. The van der Waals surface area contributed by atoms with Crippen molar-refractivity contribution in [3.05, 3.63) is 68.9 Å². The van der Waals surface area contributed by atoms with Crippen LogP contribution in [0, 0.1) is 6.92 Å². The number of rotatable bonds is 4. The number of nitrogens with one attached hydrogen (secondary N) is 2. The zero-order valence-electron chi connectivity index (χ0n) is 19.1. The van der Waals surface area contributed by atoms with Crippen molar-refractivity contribution in [2.24, 2.45) is 0 Å². The fourth-order valence-electron chi connectivity index (χ4n) is 3.97. The molecule has 0 aliphatic heterocycles. The van der Waals surface area contributed by atoms with Gasteiger partial charge < -0.3 is 10.6 Å². The molecule has 4 rings (SSSR count). The molecule has 1 aliphatic carbocycles. The van der Waals surface area contributed by atoms with Crippen LogP contribution in [-0.2, 0) is 0 Å². The second-order valence-electron chi connectivity index (χ2n) is 8.11. The van der Waals surface area contributed by atoms with E-state index in [9.17, 15) is 4.79 Å². The van der Waals surface area contributed by atoms with Crippen molar-refractivity contribution >= 4 is 40.7 Å². The van der Waals surface area contributed by atoms with Gasteiger partial charge in [0.25, 0.3) is 5.91 Å². The molecule has 0 spiro atoms. The number of carbonyl (C=O) groups is 1. The Labute approximate surface area is 210 Å². The SMILES string of the molecule is CNC.Cc1c(C(=O)NC2CCCCC2)nc(-c2ccc(Cl)cc2Cl)n1-c1ccc(Cl)cc1. The molecule has 176 valence electrons. The summed E-state index contributed by atoms with van der Waals surface area (Å²) in [6.07, 6.45) is 5.55. The van der Waals surface area contributed by atoms with E-state index in [0.29, 0.717) is 32.1 Å². The third-order valence-corrected chi connectivity index (χ3v) is 6.32. The van der Waals surface area contributed by atoms with Gasteiger partial charge in [-0.2, -0.15) is 0 Å². The molecular weight excluding hydrogens is 479 g/mol. The Bertz CT molecular complexity index is 1090. The molecule has 0 bridgehead atoms. The minimum absolute atomic E-state index is 0.154. The first kappa shape index (κ1) is 25.6. The van der Waals surface area contributed by atoms with Crippen molar-refractivity contribution in [3.8, 4) is 17.1 Å². The van der Waals surface area contributed by atoms with Crippen LogP contribution in [0.4, 0.5) is 0 Å². The molecule has 1 amide bonds. The van der Waals surface area contributed by atoms with Crippen molar-refractivity contribution in [2.45, 2.75) is 45.1 Å². The van der Waals surface area contributed by atoms with Crippen molar-refractivity contribution in [1.82, 2.24) is 20.2 Å². The van der Waals surface area contributed by atoms with Crippen LogP contribution in [0.3, 0.4) is 0 Å². The Balaban J connectivity index is 0.000000968. The standard InChI is InChI=1S/C23H22Cl3N3O.C2H7N/c1-14-21(23(30)27-17-5-3-2-4-6-17)28-22(19-12-9-16(25)13-20(19)26)29(14)18-10-7-15(24)8-11-18;1-3-2/h7-13,17H,2-6H2,1H3,(H,27,30);3H,1-2H3. The van der Waals surface area contributed by atoms with Gasteiger partial charge in [0.05, 0.1) is 10.7 Å². The summed E-state index contributed by atoms with van der Waals surface area (Å²) in [5, 5.41) is 7.57. The highest BCUT2D eigenvalue weighted by molar-refractivity contribution is 6.36. The molecule has 8 heteroatoms. The Morgan fingerprint density at radius 2 is 1.58 bits per heavy atom. The Morgan fingerprint density at radius 1 is 0.970 bits per heavy atom. The number of imidazole rings is 1. The van der Waals surface area contributed by atoms with Gasteiger partial charge in [0.2, 0.25) is 0 Å². The maximum absolute atomic E-state index is 13.1. The van der Waals surface area contributed by atoms with E-state index in [2.05, 4.69) is 10.6 Å². The van der Waals surface area contributed by atoms with Crippen LogP contribution >= 0.6 is 34.8 Å². The molecule has 1 saturated carbocycles. The highest BCUT2D eigenvalue weighted by Crippen LogP contribution is 2.33. The molecule has 1 fully saturated rings. The van der Waals surface area contributed by atoms with Gasteiger partial charge in [-0.25, -0.2) is 4.98 Å². The van der Waals surface area contributed by atoms with E-state index < -0.39 is 0 Å². The van der Waals surface area contributed by atoms with E-state index in [-0.39, 0.29) is 11.9 Å². The van der Waals surface area contributed by atoms with Gasteiger partial charge in [0.15, 0.2) is 0 Å². The third kappa shape index (κ3) is 6.30. The molecule has 3 aromatic rings. The molecule has 0 atom stereocenters. The highest BCUT2D eigenvalue weighted by Gasteiger charge is 2.25. The lowest BCUT2D eigenvalue weighted by Crippen LogP contribution is -2.36. The Morgan fingerprint density at radius 3 is 2.18 bits per heavy atom. The number of benzene rings is 2. The van der Waals surface area contributed by atoms with Gasteiger partial charge >= 0.3 is 0 Å². The summed E-state index contributed by atoms with van der Waals surface area (Å²) in [7, 11) is 3.75. The van der Waals surface area contributed by atoms with Crippen molar-refractivity contribution < 1.29 is 4.79 Å². The van der Waals surface area contributed by atoms with Crippen molar-refractivity contribution in [2.75, 3.05) is 14.1 Å². The normalized spacial score (nSPS) is 13.9. The third-order valence-electron chi connectivity index (χ3n) is 5.52. The highest BCUT2D eigenvalue weighted by atomic mass is 35.5. The minimum atomic E-state index is -0.154. The molecule has 2 aromatic carbocycles. The van der Waals surface area contributed by atoms with E-state index in [1.54, 1.807) is 12.1 Å². The molecule has 1 heterocycles. The second kappa shape index (κ2) is 11.9. The summed E-state index contributed by atoms with van der Waals surface area (Å²) >= 11 is 18.6. The van der Waals surface area contributed by atoms with Crippen molar-refractivity contribution in [1.29, 1.82) is 0 Å². The van der Waals surface area contributed by atoms with Crippen LogP contribution in [0.25, 0.3) is 17.1 Å². The van der Waals surface area contributed by atoms with E-state index >= 15 is 0 Å². The fourth-order valence-corrected chi connectivity index (χ4v) is 4.59. The number of carbonyl (C=O) groups excluding carboxylic acids is 1. The monoisotopic (exact) mass is 506 g/mol. The summed E-state index contributed by atoms with van der Waals surface area (Å²) in [5.41, 5.74) is 2.70. The number of hydrogen-bond donors (Lipinski definition) is 2.